The lowest BCUT2D eigenvalue weighted by Crippen LogP contribution is -2.29. The molecule has 8 nitrogen and oxygen atoms in total. The molecule has 1 aliphatic rings. The van der Waals surface area contributed by atoms with Crippen LogP contribution in [0.15, 0.2) is 103 Å². The van der Waals surface area contributed by atoms with Gasteiger partial charge in [-0.2, -0.15) is 0 Å². The number of carbonyl (C=O) groups is 1. The van der Waals surface area contributed by atoms with Gasteiger partial charge in [-0.15, -0.1) is 0 Å². The molecule has 0 unspecified atom stereocenters. The molecule has 1 saturated heterocycles. The predicted octanol–water partition coefficient (Wildman–Crippen LogP) is 7.17. The smallest absolute Gasteiger partial charge is 0.335 e. The first-order valence-electron chi connectivity index (χ1n) is 13.8. The van der Waals surface area contributed by atoms with Crippen molar-refractivity contribution in [3.63, 3.8) is 0 Å². The van der Waals surface area contributed by atoms with E-state index in [1.807, 2.05) is 79.7 Å². The third kappa shape index (κ3) is 5.42. The van der Waals surface area contributed by atoms with Gasteiger partial charge in [-0.3, -0.25) is 4.98 Å². The van der Waals surface area contributed by atoms with E-state index in [0.717, 1.165) is 39.8 Å². The summed E-state index contributed by atoms with van der Waals surface area (Å²) < 4.78 is 13.4. The standard InChI is InChI=1S/C34H30N4O4S/c1-21-19-29(22(2)37(21)25-8-6-7-23(20-25)33(39)40)32-31(30-9-4-5-18-35-30)36-34(43)38(32)24-10-12-27(13-11-24)42-28-16-14-26(41-3)15-17-28/h4-20,31-32H,1-3H3,(H,36,43)(H,39,40)/t31-,32-/m1/s1. The molecule has 0 amide bonds. The van der Waals surface area contributed by atoms with Crippen LogP contribution in [0.5, 0.6) is 17.2 Å². The highest BCUT2D eigenvalue weighted by molar-refractivity contribution is 7.80. The lowest BCUT2D eigenvalue weighted by atomic mass is 9.96. The quantitative estimate of drug-likeness (QED) is 0.184. The van der Waals surface area contributed by atoms with Crippen LogP contribution in [-0.4, -0.2) is 32.8 Å². The summed E-state index contributed by atoms with van der Waals surface area (Å²) in [7, 11) is 1.63. The van der Waals surface area contributed by atoms with Crippen LogP contribution in [0.3, 0.4) is 0 Å². The first kappa shape index (κ1) is 28.0. The van der Waals surface area contributed by atoms with Crippen molar-refractivity contribution in [1.82, 2.24) is 14.9 Å². The predicted molar refractivity (Wildman–Crippen MR) is 170 cm³/mol. The number of nitrogens with one attached hydrogen (secondary N) is 1. The normalized spacial score (nSPS) is 16.2. The SMILES string of the molecule is COc1ccc(Oc2ccc(N3C(=S)N[C@H](c4ccccn4)[C@H]3c3cc(C)n(-c4cccc(C(=O)O)c4)c3C)cc2)cc1. The largest absolute Gasteiger partial charge is 0.497 e. The van der Waals surface area contributed by atoms with Crippen molar-refractivity contribution in [1.29, 1.82) is 0 Å². The Balaban J connectivity index is 1.39. The van der Waals surface area contributed by atoms with Crippen molar-refractivity contribution in [2.45, 2.75) is 25.9 Å². The number of aromatic carboxylic acids is 1. The zero-order valence-electron chi connectivity index (χ0n) is 23.9. The Kier molecular flexibility index (Phi) is 7.56. The Labute approximate surface area is 255 Å². The summed E-state index contributed by atoms with van der Waals surface area (Å²) in [6, 6.07) is 29.8. The minimum Gasteiger partial charge on any atom is -0.497 e. The molecular formula is C34H30N4O4S. The zero-order chi connectivity index (χ0) is 30.1. The summed E-state index contributed by atoms with van der Waals surface area (Å²) in [5.41, 5.74) is 5.82. The number of hydrogen-bond acceptors (Lipinski definition) is 5. The number of pyridine rings is 1. The number of nitrogens with zero attached hydrogens (tertiary/aromatic N) is 3. The van der Waals surface area contributed by atoms with Crippen molar-refractivity contribution in [2.75, 3.05) is 12.0 Å². The van der Waals surface area contributed by atoms with Crippen LogP contribution in [0.1, 0.15) is 45.1 Å². The number of carboxylic acid groups (broad SMARTS) is 1. The Hall–Kier alpha value is -5.15. The van der Waals surface area contributed by atoms with Crippen LogP contribution in [0.2, 0.25) is 0 Å². The second kappa shape index (κ2) is 11.6. The van der Waals surface area contributed by atoms with Crippen LogP contribution in [0.4, 0.5) is 5.69 Å². The highest BCUT2D eigenvalue weighted by atomic mass is 32.1. The summed E-state index contributed by atoms with van der Waals surface area (Å²) in [5.74, 6) is 1.21. The molecule has 6 rings (SSSR count). The lowest BCUT2D eigenvalue weighted by molar-refractivity contribution is 0.0697. The van der Waals surface area contributed by atoms with Gasteiger partial charge in [0, 0.05) is 29.0 Å². The van der Waals surface area contributed by atoms with E-state index in [4.69, 9.17) is 21.7 Å². The van der Waals surface area contributed by atoms with E-state index in [-0.39, 0.29) is 17.6 Å². The molecule has 1 fully saturated rings. The number of methoxy groups -OCH3 is 1. The van der Waals surface area contributed by atoms with Crippen LogP contribution in [0.25, 0.3) is 5.69 Å². The highest BCUT2D eigenvalue weighted by Crippen LogP contribution is 2.44. The Morgan fingerprint density at radius 3 is 2.23 bits per heavy atom. The summed E-state index contributed by atoms with van der Waals surface area (Å²) >= 11 is 5.93. The second-order valence-corrected chi connectivity index (χ2v) is 10.7. The number of thiocarbonyl (C=S) groups is 1. The number of benzene rings is 3. The second-order valence-electron chi connectivity index (χ2n) is 10.3. The average Bonchev–Trinajstić information content (AvgIpc) is 3.52. The maximum absolute atomic E-state index is 11.7. The number of aryl methyl sites for hydroxylation is 1. The number of ether oxygens (including phenoxy) is 2. The molecule has 0 aliphatic carbocycles. The van der Waals surface area contributed by atoms with E-state index in [1.54, 1.807) is 31.5 Å². The number of anilines is 1. The molecule has 9 heteroatoms. The fourth-order valence-electron chi connectivity index (χ4n) is 5.67. The Morgan fingerprint density at radius 2 is 1.58 bits per heavy atom. The Morgan fingerprint density at radius 1 is 0.884 bits per heavy atom. The summed E-state index contributed by atoms with van der Waals surface area (Å²) in [6.45, 7) is 4.08. The molecule has 2 atom stereocenters. The van der Waals surface area contributed by atoms with Gasteiger partial charge in [0.05, 0.1) is 30.5 Å². The highest BCUT2D eigenvalue weighted by Gasteiger charge is 2.42. The van der Waals surface area contributed by atoms with E-state index in [0.29, 0.717) is 16.6 Å². The van der Waals surface area contributed by atoms with Crippen molar-refractivity contribution in [2.24, 2.45) is 0 Å². The third-order valence-electron chi connectivity index (χ3n) is 7.65. The van der Waals surface area contributed by atoms with Gasteiger partial charge >= 0.3 is 5.97 Å². The lowest BCUT2D eigenvalue weighted by Gasteiger charge is -2.28. The van der Waals surface area contributed by atoms with Gasteiger partial charge in [-0.1, -0.05) is 12.1 Å². The monoisotopic (exact) mass is 590 g/mol. The fourth-order valence-corrected chi connectivity index (χ4v) is 6.01. The molecule has 0 spiro atoms. The van der Waals surface area contributed by atoms with Crippen LogP contribution >= 0.6 is 12.2 Å². The summed E-state index contributed by atoms with van der Waals surface area (Å²) in [6.07, 6.45) is 1.78. The maximum atomic E-state index is 11.7. The molecule has 5 aromatic rings. The topological polar surface area (TPSA) is 88.9 Å². The minimum atomic E-state index is -0.962. The molecule has 2 aromatic heterocycles. The van der Waals surface area contributed by atoms with Crippen molar-refractivity contribution in [3.8, 4) is 22.9 Å². The molecule has 0 bridgehead atoms. The van der Waals surface area contributed by atoms with Crippen LogP contribution in [-0.2, 0) is 0 Å². The van der Waals surface area contributed by atoms with Gasteiger partial charge in [0.25, 0.3) is 0 Å². The first-order valence-corrected chi connectivity index (χ1v) is 14.2. The zero-order valence-corrected chi connectivity index (χ0v) is 24.7. The molecule has 0 saturated carbocycles. The number of rotatable bonds is 8. The molecule has 216 valence electrons. The molecule has 0 radical (unpaired) electrons. The van der Waals surface area contributed by atoms with Gasteiger partial charge in [-0.25, -0.2) is 4.79 Å². The van der Waals surface area contributed by atoms with Crippen molar-refractivity contribution < 1.29 is 19.4 Å². The first-order chi connectivity index (χ1) is 20.8. The van der Waals surface area contributed by atoms with Gasteiger partial charge in [0.1, 0.15) is 17.2 Å². The van der Waals surface area contributed by atoms with E-state index >= 15 is 0 Å². The number of carboxylic acids is 1. The van der Waals surface area contributed by atoms with E-state index in [1.165, 1.54) is 0 Å². The molecular weight excluding hydrogens is 560 g/mol. The van der Waals surface area contributed by atoms with E-state index in [9.17, 15) is 9.90 Å². The minimum absolute atomic E-state index is 0.219. The molecule has 43 heavy (non-hydrogen) atoms. The van der Waals surface area contributed by atoms with Gasteiger partial charge in [0.2, 0.25) is 0 Å². The fraction of sp³-hybridized carbons (Fsp3) is 0.147. The van der Waals surface area contributed by atoms with Crippen LogP contribution < -0.4 is 19.7 Å². The van der Waals surface area contributed by atoms with Gasteiger partial charge < -0.3 is 29.4 Å². The number of aromatic nitrogens is 2. The van der Waals surface area contributed by atoms with Crippen LogP contribution in [0, 0.1) is 13.8 Å². The molecule has 3 aromatic carbocycles. The molecule has 1 aliphatic heterocycles. The molecule has 2 N–H and O–H groups in total. The van der Waals surface area contributed by atoms with Crippen molar-refractivity contribution in [3.05, 3.63) is 131 Å². The molecule has 3 heterocycles. The summed E-state index contributed by atoms with van der Waals surface area (Å²) in [4.78, 5) is 18.5. The number of hydrogen-bond donors (Lipinski definition) is 2. The van der Waals surface area contributed by atoms with E-state index in [2.05, 4.69) is 32.8 Å². The average molecular weight is 591 g/mol. The third-order valence-corrected chi connectivity index (χ3v) is 7.96. The Bertz CT molecular complexity index is 1790. The van der Waals surface area contributed by atoms with Gasteiger partial charge in [0.15, 0.2) is 5.11 Å². The van der Waals surface area contributed by atoms with Gasteiger partial charge in [-0.05, 0) is 117 Å². The van der Waals surface area contributed by atoms with Crippen molar-refractivity contribution >= 4 is 29.0 Å². The summed E-state index contributed by atoms with van der Waals surface area (Å²) in [5, 5.41) is 13.7. The van der Waals surface area contributed by atoms with E-state index < -0.39 is 5.97 Å². The maximum Gasteiger partial charge on any atom is 0.335 e.